The Morgan fingerprint density at radius 2 is 2.20 bits per heavy atom. The third-order valence-corrected chi connectivity index (χ3v) is 4.92. The van der Waals surface area contributed by atoms with Gasteiger partial charge >= 0.3 is 0 Å². The molecular formula is C15H18N2O2S. The minimum atomic E-state index is -0.0950. The Bertz CT molecular complexity index is 624. The highest BCUT2D eigenvalue weighted by Crippen LogP contribution is 2.39. The number of benzene rings is 1. The van der Waals surface area contributed by atoms with Crippen molar-refractivity contribution >= 4 is 11.3 Å². The molecule has 0 fully saturated rings. The SMILES string of the molecule is CNCC1CCCc2sc(-c3ccc(O)c(O)c3)nc21. The van der Waals surface area contributed by atoms with Gasteiger partial charge in [0, 0.05) is 22.9 Å². The molecule has 3 rings (SSSR count). The van der Waals surface area contributed by atoms with E-state index in [1.54, 1.807) is 23.5 Å². The van der Waals surface area contributed by atoms with Gasteiger partial charge in [-0.1, -0.05) is 0 Å². The highest BCUT2D eigenvalue weighted by Gasteiger charge is 2.24. The monoisotopic (exact) mass is 290 g/mol. The summed E-state index contributed by atoms with van der Waals surface area (Å²) in [4.78, 5) is 6.14. The second-order valence-electron chi connectivity index (χ2n) is 5.18. The molecule has 5 heteroatoms. The van der Waals surface area contributed by atoms with Crippen molar-refractivity contribution in [3.8, 4) is 22.1 Å². The lowest BCUT2D eigenvalue weighted by molar-refractivity contribution is 0.404. The minimum Gasteiger partial charge on any atom is -0.504 e. The molecule has 0 radical (unpaired) electrons. The Balaban J connectivity index is 1.97. The van der Waals surface area contributed by atoms with E-state index in [0.29, 0.717) is 5.92 Å². The molecule has 0 amide bonds. The predicted molar refractivity (Wildman–Crippen MR) is 80.5 cm³/mol. The molecule has 4 nitrogen and oxygen atoms in total. The third kappa shape index (κ3) is 2.39. The maximum absolute atomic E-state index is 9.62. The van der Waals surface area contributed by atoms with Crippen LogP contribution in [0.4, 0.5) is 0 Å². The van der Waals surface area contributed by atoms with E-state index in [0.717, 1.165) is 23.5 Å². The fourth-order valence-corrected chi connectivity index (χ4v) is 3.92. The number of thiazole rings is 1. The topological polar surface area (TPSA) is 65.4 Å². The molecule has 0 bridgehead atoms. The van der Waals surface area contributed by atoms with Crippen LogP contribution < -0.4 is 5.32 Å². The molecule has 1 aliphatic rings. The highest BCUT2D eigenvalue weighted by atomic mass is 32.1. The van der Waals surface area contributed by atoms with E-state index in [-0.39, 0.29) is 11.5 Å². The molecule has 0 saturated carbocycles. The molecule has 1 unspecified atom stereocenters. The van der Waals surface area contributed by atoms with Crippen molar-refractivity contribution in [3.63, 3.8) is 0 Å². The van der Waals surface area contributed by atoms with Crippen LogP contribution in [0.1, 0.15) is 29.3 Å². The fourth-order valence-electron chi connectivity index (χ4n) is 2.73. The summed E-state index contributed by atoms with van der Waals surface area (Å²) in [5.41, 5.74) is 2.07. The average molecular weight is 290 g/mol. The Morgan fingerprint density at radius 1 is 1.35 bits per heavy atom. The second kappa shape index (κ2) is 5.42. The van der Waals surface area contributed by atoms with Crippen LogP contribution in [0.25, 0.3) is 10.6 Å². The number of rotatable bonds is 3. The predicted octanol–water partition coefficient (Wildman–Crippen LogP) is 2.86. The van der Waals surface area contributed by atoms with Crippen molar-refractivity contribution in [1.82, 2.24) is 10.3 Å². The molecule has 0 aliphatic heterocycles. The first-order chi connectivity index (χ1) is 9.69. The van der Waals surface area contributed by atoms with E-state index in [1.807, 2.05) is 7.05 Å². The number of phenolic OH excluding ortho intramolecular Hbond substituents is 2. The summed E-state index contributed by atoms with van der Waals surface area (Å²) in [6.07, 6.45) is 3.48. The zero-order valence-electron chi connectivity index (χ0n) is 11.4. The minimum absolute atomic E-state index is 0.0943. The number of nitrogens with one attached hydrogen (secondary N) is 1. The Labute approximate surface area is 122 Å². The van der Waals surface area contributed by atoms with Crippen LogP contribution in [0.2, 0.25) is 0 Å². The molecule has 0 saturated heterocycles. The number of aromatic hydroxyl groups is 2. The Kier molecular flexibility index (Phi) is 3.63. The van der Waals surface area contributed by atoms with E-state index in [9.17, 15) is 10.2 Å². The quantitative estimate of drug-likeness (QED) is 0.761. The van der Waals surface area contributed by atoms with Crippen molar-refractivity contribution < 1.29 is 10.2 Å². The summed E-state index contributed by atoms with van der Waals surface area (Å²) in [5, 5.41) is 23.2. The summed E-state index contributed by atoms with van der Waals surface area (Å²) in [6.45, 7) is 0.955. The first kappa shape index (κ1) is 13.4. The third-order valence-electron chi connectivity index (χ3n) is 3.74. The molecule has 2 aromatic rings. The standard InChI is InChI=1S/C15H18N2O2S/c1-16-8-10-3-2-4-13-14(10)17-15(20-13)9-5-6-11(18)12(19)7-9/h5-7,10,16,18-19H,2-4,8H2,1H3. The van der Waals surface area contributed by atoms with Gasteiger partial charge in [0.1, 0.15) is 5.01 Å². The van der Waals surface area contributed by atoms with Gasteiger partial charge in [-0.05, 0) is 44.5 Å². The molecule has 1 heterocycles. The number of hydrogen-bond acceptors (Lipinski definition) is 5. The summed E-state index contributed by atoms with van der Waals surface area (Å²) in [5.74, 6) is 0.296. The van der Waals surface area contributed by atoms with Crippen LogP contribution in [0.3, 0.4) is 0 Å². The van der Waals surface area contributed by atoms with Crippen molar-refractivity contribution in [1.29, 1.82) is 0 Å². The zero-order valence-corrected chi connectivity index (χ0v) is 12.2. The number of nitrogens with zero attached hydrogens (tertiary/aromatic N) is 1. The molecule has 0 spiro atoms. The number of aryl methyl sites for hydroxylation is 1. The average Bonchev–Trinajstić information content (AvgIpc) is 2.87. The van der Waals surface area contributed by atoms with Gasteiger partial charge in [-0.3, -0.25) is 0 Å². The van der Waals surface area contributed by atoms with Gasteiger partial charge in [-0.2, -0.15) is 0 Å². The first-order valence-electron chi connectivity index (χ1n) is 6.85. The van der Waals surface area contributed by atoms with E-state index in [2.05, 4.69) is 5.32 Å². The summed E-state index contributed by atoms with van der Waals surface area (Å²) < 4.78 is 0. The van der Waals surface area contributed by atoms with Crippen molar-refractivity contribution in [3.05, 3.63) is 28.8 Å². The zero-order chi connectivity index (χ0) is 14.1. The van der Waals surface area contributed by atoms with E-state index in [4.69, 9.17) is 4.98 Å². The van der Waals surface area contributed by atoms with E-state index >= 15 is 0 Å². The van der Waals surface area contributed by atoms with Crippen LogP contribution in [0.15, 0.2) is 18.2 Å². The van der Waals surface area contributed by atoms with Crippen molar-refractivity contribution in [2.75, 3.05) is 13.6 Å². The summed E-state index contributed by atoms with van der Waals surface area (Å²) >= 11 is 1.70. The summed E-state index contributed by atoms with van der Waals surface area (Å²) in [6, 6.07) is 4.88. The number of hydrogen-bond donors (Lipinski definition) is 3. The van der Waals surface area contributed by atoms with E-state index < -0.39 is 0 Å². The molecule has 106 valence electrons. The van der Waals surface area contributed by atoms with Crippen LogP contribution in [-0.2, 0) is 6.42 Å². The van der Waals surface area contributed by atoms with Gasteiger partial charge in [0.05, 0.1) is 5.69 Å². The van der Waals surface area contributed by atoms with Crippen LogP contribution >= 0.6 is 11.3 Å². The van der Waals surface area contributed by atoms with Crippen LogP contribution in [0.5, 0.6) is 11.5 Å². The molecule has 1 aromatic carbocycles. The number of phenols is 2. The molecule has 20 heavy (non-hydrogen) atoms. The Hall–Kier alpha value is -1.59. The largest absolute Gasteiger partial charge is 0.504 e. The number of aromatic nitrogens is 1. The maximum atomic E-state index is 9.62. The van der Waals surface area contributed by atoms with Gasteiger partial charge in [-0.25, -0.2) is 4.98 Å². The summed E-state index contributed by atoms with van der Waals surface area (Å²) in [7, 11) is 1.97. The van der Waals surface area contributed by atoms with Gasteiger partial charge < -0.3 is 15.5 Å². The molecule has 1 aliphatic carbocycles. The van der Waals surface area contributed by atoms with Gasteiger partial charge in [0.2, 0.25) is 0 Å². The molecule has 1 atom stereocenters. The number of likely N-dealkylation sites (N-methyl/N-ethyl adjacent to an activating group) is 1. The smallest absolute Gasteiger partial charge is 0.158 e. The molecule has 3 N–H and O–H groups in total. The normalized spacial score (nSPS) is 17.9. The highest BCUT2D eigenvalue weighted by molar-refractivity contribution is 7.15. The van der Waals surface area contributed by atoms with Crippen LogP contribution in [-0.4, -0.2) is 28.8 Å². The number of fused-ring (bicyclic) bond motifs is 1. The van der Waals surface area contributed by atoms with Crippen molar-refractivity contribution in [2.45, 2.75) is 25.2 Å². The maximum Gasteiger partial charge on any atom is 0.158 e. The van der Waals surface area contributed by atoms with Gasteiger partial charge in [0.15, 0.2) is 11.5 Å². The van der Waals surface area contributed by atoms with Gasteiger partial charge in [-0.15, -0.1) is 11.3 Å². The van der Waals surface area contributed by atoms with Crippen molar-refractivity contribution in [2.24, 2.45) is 0 Å². The molecular weight excluding hydrogens is 272 g/mol. The van der Waals surface area contributed by atoms with Gasteiger partial charge in [0.25, 0.3) is 0 Å². The lowest BCUT2D eigenvalue weighted by Gasteiger charge is -2.20. The lowest BCUT2D eigenvalue weighted by atomic mass is 9.91. The first-order valence-corrected chi connectivity index (χ1v) is 7.67. The van der Waals surface area contributed by atoms with Crippen LogP contribution in [0, 0.1) is 0 Å². The fraction of sp³-hybridized carbons (Fsp3) is 0.400. The van der Waals surface area contributed by atoms with E-state index in [1.165, 1.54) is 29.5 Å². The lowest BCUT2D eigenvalue weighted by Crippen LogP contribution is -2.20. The molecule has 1 aromatic heterocycles. The second-order valence-corrected chi connectivity index (χ2v) is 6.26. The Morgan fingerprint density at radius 3 is 2.95 bits per heavy atom.